The molecule has 0 aliphatic rings. The normalized spacial score (nSPS) is 11.4. The number of nitrogens with zero attached hydrogens (tertiary/aromatic N) is 3. The number of aryl methyl sites for hydroxylation is 1. The number of rotatable bonds is 7. The summed E-state index contributed by atoms with van der Waals surface area (Å²) < 4.78 is 2.14. The Hall–Kier alpha value is -2.57. The molecule has 0 radical (unpaired) electrons. The first-order chi connectivity index (χ1) is 13.4. The van der Waals surface area contributed by atoms with E-state index in [0.29, 0.717) is 5.92 Å². The van der Waals surface area contributed by atoms with Crippen LogP contribution in [0.3, 0.4) is 0 Å². The molecule has 0 amide bonds. The summed E-state index contributed by atoms with van der Waals surface area (Å²) in [4.78, 5) is 12.5. The zero-order valence-electron chi connectivity index (χ0n) is 15.1. The fraction of sp³-hybridized carbons (Fsp3) is 0.250. The summed E-state index contributed by atoms with van der Waals surface area (Å²) in [5.41, 5.74) is 2.52. The van der Waals surface area contributed by atoms with E-state index in [0.717, 1.165) is 35.9 Å². The van der Waals surface area contributed by atoms with Gasteiger partial charge >= 0.3 is 0 Å². The van der Waals surface area contributed by atoms with Crippen LogP contribution >= 0.6 is 23.2 Å². The Morgan fingerprint density at radius 3 is 2.43 bits per heavy atom. The quantitative estimate of drug-likeness (QED) is 0.412. The second-order valence-corrected chi connectivity index (χ2v) is 7.17. The summed E-state index contributed by atoms with van der Waals surface area (Å²) in [6, 6.07) is 16.2. The molecule has 2 aromatic carbocycles. The summed E-state index contributed by atoms with van der Waals surface area (Å²) in [6.07, 6.45) is 8.80. The van der Waals surface area contributed by atoms with Gasteiger partial charge in [0.25, 0.3) is 5.09 Å². The predicted molar refractivity (Wildman–Crippen MR) is 109 cm³/mol. The lowest BCUT2D eigenvalue weighted by Gasteiger charge is -2.18. The fourth-order valence-electron chi connectivity index (χ4n) is 2.95. The van der Waals surface area contributed by atoms with E-state index in [9.17, 15) is 0 Å². The highest BCUT2D eigenvalue weighted by molar-refractivity contribution is 6.31. The molecule has 0 bridgehead atoms. The fourth-order valence-corrected chi connectivity index (χ4v) is 3.29. The Morgan fingerprint density at radius 2 is 1.82 bits per heavy atom. The average molecular weight is 422 g/mol. The Balaban J connectivity index is 0.000000640. The van der Waals surface area contributed by atoms with Gasteiger partial charge in [0.1, 0.15) is 0 Å². The molecule has 0 saturated carbocycles. The Bertz CT molecular complexity index is 851. The second-order valence-electron chi connectivity index (χ2n) is 6.32. The molecular formula is C20H21Cl2N3O3. The summed E-state index contributed by atoms with van der Waals surface area (Å²) in [5, 5.41) is 15.3. The van der Waals surface area contributed by atoms with Gasteiger partial charge in [0.05, 0.1) is 6.33 Å². The number of hydrogen-bond donors (Lipinski definition) is 1. The summed E-state index contributed by atoms with van der Waals surface area (Å²) >= 11 is 12.3. The van der Waals surface area contributed by atoms with Crippen LogP contribution in [0.25, 0.3) is 0 Å². The van der Waals surface area contributed by atoms with Crippen molar-refractivity contribution in [3.63, 3.8) is 0 Å². The SMILES string of the molecule is Clc1ccc(CCC(Cc2ccccc2Cl)Cn2ccnc2)cc1.O=[N+]([O-])O. The lowest BCUT2D eigenvalue weighted by Crippen LogP contribution is -2.14. The molecule has 3 aromatic rings. The van der Waals surface area contributed by atoms with Crippen molar-refractivity contribution < 1.29 is 10.3 Å². The van der Waals surface area contributed by atoms with Crippen LogP contribution in [0, 0.1) is 16.0 Å². The van der Waals surface area contributed by atoms with E-state index < -0.39 is 5.09 Å². The molecule has 1 atom stereocenters. The molecule has 28 heavy (non-hydrogen) atoms. The van der Waals surface area contributed by atoms with Crippen molar-refractivity contribution in [2.24, 2.45) is 5.92 Å². The molecule has 148 valence electrons. The maximum absolute atomic E-state index is 8.36. The standard InChI is InChI=1S/C20H20Cl2N2.HNO3/c21-19-9-7-16(8-10-19)5-6-17(14-24-12-11-23-15-24)13-18-3-1-2-4-20(18)22;2-1(3)4/h1-4,7-12,15,17H,5-6,13-14H2;(H,2,3,4). The third kappa shape index (κ3) is 7.98. The van der Waals surface area contributed by atoms with Crippen molar-refractivity contribution >= 4 is 23.2 Å². The van der Waals surface area contributed by atoms with E-state index in [1.165, 1.54) is 11.1 Å². The monoisotopic (exact) mass is 421 g/mol. The van der Waals surface area contributed by atoms with Gasteiger partial charge in [-0.15, -0.1) is 10.1 Å². The maximum atomic E-state index is 8.36. The summed E-state index contributed by atoms with van der Waals surface area (Å²) in [6.45, 7) is 0.943. The van der Waals surface area contributed by atoms with Crippen LogP contribution in [0.4, 0.5) is 0 Å². The van der Waals surface area contributed by atoms with Crippen molar-refractivity contribution in [1.29, 1.82) is 0 Å². The molecule has 3 rings (SSSR count). The molecule has 0 saturated heterocycles. The van der Waals surface area contributed by atoms with Gasteiger partial charge < -0.3 is 9.77 Å². The molecule has 0 fully saturated rings. The average Bonchev–Trinajstić information content (AvgIpc) is 3.15. The number of aromatic nitrogens is 2. The number of benzene rings is 2. The summed E-state index contributed by atoms with van der Waals surface area (Å²) in [5.74, 6) is 0.495. The molecule has 1 N–H and O–H groups in total. The van der Waals surface area contributed by atoms with E-state index in [1.54, 1.807) is 0 Å². The molecule has 1 aromatic heterocycles. The topological polar surface area (TPSA) is 81.2 Å². The van der Waals surface area contributed by atoms with Crippen molar-refractivity contribution in [1.82, 2.24) is 9.55 Å². The Morgan fingerprint density at radius 1 is 1.14 bits per heavy atom. The highest BCUT2D eigenvalue weighted by atomic mass is 35.5. The zero-order valence-corrected chi connectivity index (χ0v) is 16.6. The van der Waals surface area contributed by atoms with Crippen molar-refractivity contribution in [2.75, 3.05) is 0 Å². The van der Waals surface area contributed by atoms with Crippen LogP contribution in [0.15, 0.2) is 67.3 Å². The predicted octanol–water partition coefficient (Wildman–Crippen LogP) is 5.33. The molecule has 1 heterocycles. The van der Waals surface area contributed by atoms with Crippen molar-refractivity contribution in [3.8, 4) is 0 Å². The molecule has 8 heteroatoms. The van der Waals surface area contributed by atoms with Gasteiger partial charge in [-0.05, 0) is 54.5 Å². The van der Waals surface area contributed by atoms with E-state index >= 15 is 0 Å². The van der Waals surface area contributed by atoms with E-state index in [-0.39, 0.29) is 0 Å². The first kappa shape index (κ1) is 21.7. The van der Waals surface area contributed by atoms with Gasteiger partial charge in [0.15, 0.2) is 0 Å². The van der Waals surface area contributed by atoms with E-state index in [4.69, 9.17) is 38.5 Å². The van der Waals surface area contributed by atoms with Crippen molar-refractivity contribution in [2.45, 2.75) is 25.8 Å². The lowest BCUT2D eigenvalue weighted by atomic mass is 9.92. The maximum Gasteiger partial charge on any atom is 0.291 e. The minimum absolute atomic E-state index is 0.495. The van der Waals surface area contributed by atoms with Crippen LogP contribution in [-0.4, -0.2) is 19.8 Å². The summed E-state index contributed by atoms with van der Waals surface area (Å²) in [7, 11) is 0. The molecular weight excluding hydrogens is 401 g/mol. The first-order valence-corrected chi connectivity index (χ1v) is 9.46. The van der Waals surface area contributed by atoms with Crippen LogP contribution < -0.4 is 0 Å². The third-order valence-corrected chi connectivity index (χ3v) is 4.87. The highest BCUT2D eigenvalue weighted by Gasteiger charge is 2.13. The molecule has 0 spiro atoms. The van der Waals surface area contributed by atoms with E-state index in [1.807, 2.05) is 43.0 Å². The highest BCUT2D eigenvalue weighted by Crippen LogP contribution is 2.23. The minimum atomic E-state index is -1.50. The van der Waals surface area contributed by atoms with Gasteiger partial charge in [0, 0.05) is 29.0 Å². The van der Waals surface area contributed by atoms with Crippen LogP contribution in [0.5, 0.6) is 0 Å². The van der Waals surface area contributed by atoms with Gasteiger partial charge in [-0.25, -0.2) is 4.98 Å². The number of imidazole rings is 1. The molecule has 0 aliphatic heterocycles. The first-order valence-electron chi connectivity index (χ1n) is 8.71. The molecule has 0 aliphatic carbocycles. The van der Waals surface area contributed by atoms with Crippen LogP contribution in [0.2, 0.25) is 10.0 Å². The number of hydrogen-bond acceptors (Lipinski definition) is 3. The Kier molecular flexibility index (Phi) is 8.78. The van der Waals surface area contributed by atoms with Gasteiger partial charge in [-0.3, -0.25) is 0 Å². The third-order valence-electron chi connectivity index (χ3n) is 4.25. The van der Waals surface area contributed by atoms with Gasteiger partial charge in [-0.2, -0.15) is 0 Å². The smallest absolute Gasteiger partial charge is 0.291 e. The molecule has 1 unspecified atom stereocenters. The van der Waals surface area contributed by atoms with Gasteiger partial charge in [-0.1, -0.05) is 53.5 Å². The largest absolute Gasteiger partial charge is 0.337 e. The number of halogens is 2. The second kappa shape index (κ2) is 11.3. The van der Waals surface area contributed by atoms with Crippen molar-refractivity contribution in [3.05, 3.63) is 98.5 Å². The Labute approximate surface area is 173 Å². The zero-order chi connectivity index (χ0) is 20.4. The minimum Gasteiger partial charge on any atom is -0.337 e. The van der Waals surface area contributed by atoms with Gasteiger partial charge in [0.2, 0.25) is 0 Å². The van der Waals surface area contributed by atoms with E-state index in [2.05, 4.69) is 33.8 Å². The van der Waals surface area contributed by atoms with Crippen LogP contribution in [-0.2, 0) is 19.4 Å². The van der Waals surface area contributed by atoms with Crippen LogP contribution in [0.1, 0.15) is 17.5 Å². The lowest BCUT2D eigenvalue weighted by molar-refractivity contribution is -0.742. The molecule has 6 nitrogen and oxygen atoms in total.